The number of anilines is 1. The third-order valence-electron chi connectivity index (χ3n) is 3.45. The summed E-state index contributed by atoms with van der Waals surface area (Å²) in [4.78, 5) is 12.9. The molecule has 0 atom stereocenters. The van der Waals surface area contributed by atoms with E-state index in [2.05, 4.69) is 27.9 Å². The summed E-state index contributed by atoms with van der Waals surface area (Å²) < 4.78 is 5.68. The molecule has 0 aliphatic heterocycles. The number of fused-ring (bicyclic) bond motifs is 1. The highest BCUT2D eigenvalue weighted by Gasteiger charge is 2.21. The first-order valence-corrected chi connectivity index (χ1v) is 8.05. The fraction of sp³-hybridized carbons (Fsp3) is 0.571. The summed E-state index contributed by atoms with van der Waals surface area (Å²) in [6, 6.07) is 2.12. The molecule has 2 aromatic heterocycles. The molecular weight excluding hydrogens is 294 g/mol. The lowest BCUT2D eigenvalue weighted by molar-refractivity contribution is 0.131. The van der Waals surface area contributed by atoms with E-state index < -0.39 is 0 Å². The Morgan fingerprint density at radius 2 is 2.25 bits per heavy atom. The Labute approximate surface area is 127 Å². The standard InChI is InChI=1S/C14H18ClN3OS/c1-9-7-11-12(16-14(15)17-13(11)20-9)18(2)5-6-19-8-10-3-4-10/h7,10H,3-6,8H2,1-2H3. The van der Waals surface area contributed by atoms with Crippen LogP contribution in [-0.4, -0.2) is 36.8 Å². The summed E-state index contributed by atoms with van der Waals surface area (Å²) in [5, 5.41) is 1.38. The largest absolute Gasteiger partial charge is 0.379 e. The maximum absolute atomic E-state index is 6.01. The fourth-order valence-electron chi connectivity index (χ4n) is 2.13. The second kappa shape index (κ2) is 5.84. The van der Waals surface area contributed by atoms with Gasteiger partial charge in [-0.05, 0) is 43.4 Å². The number of nitrogens with zero attached hydrogens (tertiary/aromatic N) is 3. The van der Waals surface area contributed by atoms with Crippen LogP contribution in [0.15, 0.2) is 6.07 Å². The van der Waals surface area contributed by atoms with Gasteiger partial charge in [0.2, 0.25) is 5.28 Å². The molecule has 1 fully saturated rings. The molecule has 0 unspecified atom stereocenters. The van der Waals surface area contributed by atoms with E-state index in [1.807, 2.05) is 7.05 Å². The zero-order valence-electron chi connectivity index (χ0n) is 11.7. The van der Waals surface area contributed by atoms with E-state index in [1.165, 1.54) is 17.7 Å². The van der Waals surface area contributed by atoms with Crippen LogP contribution in [0.4, 0.5) is 5.82 Å². The van der Waals surface area contributed by atoms with Crippen molar-refractivity contribution in [3.8, 4) is 0 Å². The molecule has 1 saturated carbocycles. The monoisotopic (exact) mass is 311 g/mol. The molecule has 3 rings (SSSR count). The zero-order chi connectivity index (χ0) is 14.1. The topological polar surface area (TPSA) is 38.2 Å². The van der Waals surface area contributed by atoms with Crippen molar-refractivity contribution in [1.29, 1.82) is 0 Å². The van der Waals surface area contributed by atoms with Crippen LogP contribution in [0.1, 0.15) is 17.7 Å². The first-order chi connectivity index (χ1) is 9.63. The van der Waals surface area contributed by atoms with E-state index >= 15 is 0 Å². The molecule has 1 aliphatic carbocycles. The molecule has 2 heterocycles. The van der Waals surface area contributed by atoms with Gasteiger partial charge in [0.1, 0.15) is 10.6 Å². The Balaban J connectivity index is 1.70. The van der Waals surface area contributed by atoms with Crippen LogP contribution in [0.2, 0.25) is 5.28 Å². The summed E-state index contributed by atoms with van der Waals surface area (Å²) in [5.41, 5.74) is 0. The third kappa shape index (κ3) is 3.22. The average molecular weight is 312 g/mol. The maximum Gasteiger partial charge on any atom is 0.225 e. The first-order valence-electron chi connectivity index (χ1n) is 6.86. The Morgan fingerprint density at radius 1 is 1.45 bits per heavy atom. The van der Waals surface area contributed by atoms with Crippen LogP contribution in [0.5, 0.6) is 0 Å². The lowest BCUT2D eigenvalue weighted by Crippen LogP contribution is -2.24. The highest BCUT2D eigenvalue weighted by Crippen LogP contribution is 2.31. The predicted molar refractivity (Wildman–Crippen MR) is 84.0 cm³/mol. The number of hydrogen-bond acceptors (Lipinski definition) is 5. The summed E-state index contributed by atoms with van der Waals surface area (Å²) in [7, 11) is 2.02. The molecule has 108 valence electrons. The van der Waals surface area contributed by atoms with Gasteiger partial charge in [0.25, 0.3) is 0 Å². The number of rotatable bonds is 6. The molecule has 20 heavy (non-hydrogen) atoms. The van der Waals surface area contributed by atoms with E-state index in [4.69, 9.17) is 16.3 Å². The maximum atomic E-state index is 6.01. The highest BCUT2D eigenvalue weighted by molar-refractivity contribution is 7.18. The number of ether oxygens (including phenoxy) is 1. The Hall–Kier alpha value is -0.910. The van der Waals surface area contributed by atoms with Crippen molar-refractivity contribution < 1.29 is 4.74 Å². The first kappa shape index (κ1) is 14.0. The molecule has 0 aromatic carbocycles. The van der Waals surface area contributed by atoms with Gasteiger partial charge in [-0.1, -0.05) is 0 Å². The van der Waals surface area contributed by atoms with Gasteiger partial charge in [-0.3, -0.25) is 0 Å². The van der Waals surface area contributed by atoms with E-state index in [9.17, 15) is 0 Å². The zero-order valence-corrected chi connectivity index (χ0v) is 13.3. The number of hydrogen-bond donors (Lipinski definition) is 0. The quantitative estimate of drug-likeness (QED) is 0.604. The van der Waals surface area contributed by atoms with Crippen LogP contribution in [0, 0.1) is 12.8 Å². The SMILES string of the molecule is Cc1cc2c(N(C)CCOCC3CC3)nc(Cl)nc2s1. The summed E-state index contributed by atoms with van der Waals surface area (Å²) in [6.07, 6.45) is 2.65. The van der Waals surface area contributed by atoms with Crippen LogP contribution in [-0.2, 0) is 4.74 Å². The smallest absolute Gasteiger partial charge is 0.225 e. The second-order valence-corrected chi connectivity index (χ2v) is 6.90. The molecule has 0 amide bonds. The van der Waals surface area contributed by atoms with E-state index in [-0.39, 0.29) is 0 Å². The summed E-state index contributed by atoms with van der Waals surface area (Å²) >= 11 is 7.66. The molecule has 4 nitrogen and oxygen atoms in total. The second-order valence-electron chi connectivity index (χ2n) is 5.33. The molecule has 6 heteroatoms. The van der Waals surface area contributed by atoms with Gasteiger partial charge in [-0.2, -0.15) is 4.98 Å². The molecule has 0 spiro atoms. The minimum atomic E-state index is 0.306. The van der Waals surface area contributed by atoms with Crippen molar-refractivity contribution in [2.24, 2.45) is 5.92 Å². The molecule has 0 saturated heterocycles. The molecule has 0 bridgehead atoms. The number of aryl methyl sites for hydroxylation is 1. The normalized spacial score (nSPS) is 14.9. The summed E-state index contributed by atoms with van der Waals surface area (Å²) in [5.74, 6) is 1.69. The minimum absolute atomic E-state index is 0.306. The molecule has 0 radical (unpaired) electrons. The number of aromatic nitrogens is 2. The van der Waals surface area contributed by atoms with Gasteiger partial charge in [0.15, 0.2) is 0 Å². The van der Waals surface area contributed by atoms with E-state index in [1.54, 1.807) is 11.3 Å². The Morgan fingerprint density at radius 3 is 3.00 bits per heavy atom. The number of thiophene rings is 1. The van der Waals surface area contributed by atoms with Gasteiger partial charge in [-0.25, -0.2) is 4.98 Å². The lowest BCUT2D eigenvalue weighted by atomic mass is 10.3. The van der Waals surface area contributed by atoms with Crippen molar-refractivity contribution in [2.75, 3.05) is 31.7 Å². The Kier molecular flexibility index (Phi) is 4.10. The average Bonchev–Trinajstić information content (AvgIpc) is 3.14. The van der Waals surface area contributed by atoms with E-state index in [0.29, 0.717) is 5.28 Å². The molecule has 2 aromatic rings. The van der Waals surface area contributed by atoms with Crippen molar-refractivity contribution in [3.05, 3.63) is 16.2 Å². The van der Waals surface area contributed by atoms with Gasteiger partial charge < -0.3 is 9.64 Å². The number of halogens is 1. The van der Waals surface area contributed by atoms with Crippen LogP contribution < -0.4 is 4.90 Å². The lowest BCUT2D eigenvalue weighted by Gasteiger charge is -2.19. The van der Waals surface area contributed by atoms with Crippen LogP contribution >= 0.6 is 22.9 Å². The molecular formula is C14H18ClN3OS. The molecule has 0 N–H and O–H groups in total. The number of likely N-dealkylation sites (N-methyl/N-ethyl adjacent to an activating group) is 1. The minimum Gasteiger partial charge on any atom is -0.379 e. The Bertz CT molecular complexity index is 612. The van der Waals surface area contributed by atoms with Gasteiger partial charge in [-0.15, -0.1) is 11.3 Å². The summed E-state index contributed by atoms with van der Waals surface area (Å²) in [6.45, 7) is 4.50. The molecule has 1 aliphatic rings. The third-order valence-corrected chi connectivity index (χ3v) is 4.57. The van der Waals surface area contributed by atoms with Crippen molar-refractivity contribution in [1.82, 2.24) is 9.97 Å². The predicted octanol–water partition coefficient (Wildman–Crippen LogP) is 3.52. The van der Waals surface area contributed by atoms with Crippen LogP contribution in [0.25, 0.3) is 10.2 Å². The van der Waals surface area contributed by atoms with Gasteiger partial charge >= 0.3 is 0 Å². The van der Waals surface area contributed by atoms with Crippen LogP contribution in [0.3, 0.4) is 0 Å². The van der Waals surface area contributed by atoms with E-state index in [0.717, 1.165) is 41.7 Å². The fourth-order valence-corrected chi connectivity index (χ4v) is 3.22. The van der Waals surface area contributed by atoms with Gasteiger partial charge in [0.05, 0.1) is 12.0 Å². The van der Waals surface area contributed by atoms with Gasteiger partial charge in [0, 0.05) is 25.1 Å². The highest BCUT2D eigenvalue weighted by atomic mass is 35.5. The van der Waals surface area contributed by atoms with Crippen molar-refractivity contribution in [3.63, 3.8) is 0 Å². The van der Waals surface area contributed by atoms with Crippen molar-refractivity contribution >= 4 is 39.0 Å². The van der Waals surface area contributed by atoms with Crippen molar-refractivity contribution in [2.45, 2.75) is 19.8 Å².